The van der Waals surface area contributed by atoms with Crippen molar-refractivity contribution in [3.8, 4) is 0 Å². The fraction of sp³-hybridized carbons (Fsp3) is 0.438. The predicted molar refractivity (Wildman–Crippen MR) is 82.7 cm³/mol. The molecule has 0 spiro atoms. The van der Waals surface area contributed by atoms with Crippen molar-refractivity contribution < 1.29 is 4.79 Å². The summed E-state index contributed by atoms with van der Waals surface area (Å²) in [4.78, 5) is 14.3. The maximum Gasteiger partial charge on any atom is 0.238 e. The minimum Gasteiger partial charge on any atom is -0.329 e. The molecule has 0 aromatic heterocycles. The van der Waals surface area contributed by atoms with E-state index in [1.807, 2.05) is 32.0 Å². The Morgan fingerprint density at radius 3 is 3.00 bits per heavy atom. The van der Waals surface area contributed by atoms with E-state index in [1.54, 1.807) is 0 Å². The van der Waals surface area contributed by atoms with Crippen LogP contribution >= 0.6 is 0 Å². The molecular weight excluding hydrogens is 250 g/mol. The SMILES string of the molecule is Cc1ccc(C)c(NC(=O)CN2CCC=CC2CN)c1. The third-order valence-electron chi connectivity index (χ3n) is 3.67. The molecule has 1 aliphatic heterocycles. The summed E-state index contributed by atoms with van der Waals surface area (Å²) in [7, 11) is 0. The average molecular weight is 273 g/mol. The van der Waals surface area contributed by atoms with Gasteiger partial charge in [-0.25, -0.2) is 0 Å². The van der Waals surface area contributed by atoms with E-state index in [9.17, 15) is 4.79 Å². The molecule has 1 aromatic rings. The molecule has 108 valence electrons. The van der Waals surface area contributed by atoms with Gasteiger partial charge in [0, 0.05) is 24.8 Å². The summed E-state index contributed by atoms with van der Waals surface area (Å²) in [5.41, 5.74) is 8.86. The van der Waals surface area contributed by atoms with Crippen LogP contribution in [0.1, 0.15) is 17.5 Å². The first kappa shape index (κ1) is 14.8. The number of rotatable bonds is 4. The van der Waals surface area contributed by atoms with E-state index in [1.165, 1.54) is 0 Å². The maximum atomic E-state index is 12.2. The largest absolute Gasteiger partial charge is 0.329 e. The van der Waals surface area contributed by atoms with E-state index in [-0.39, 0.29) is 11.9 Å². The molecule has 1 atom stereocenters. The molecule has 4 nitrogen and oxygen atoms in total. The zero-order valence-corrected chi connectivity index (χ0v) is 12.2. The Morgan fingerprint density at radius 1 is 1.45 bits per heavy atom. The highest BCUT2D eigenvalue weighted by atomic mass is 16.2. The molecule has 0 radical (unpaired) electrons. The molecule has 1 aromatic carbocycles. The van der Waals surface area contributed by atoms with E-state index >= 15 is 0 Å². The van der Waals surface area contributed by atoms with Gasteiger partial charge in [-0.2, -0.15) is 0 Å². The molecule has 0 aliphatic carbocycles. The second-order valence-electron chi connectivity index (χ2n) is 5.36. The highest BCUT2D eigenvalue weighted by Gasteiger charge is 2.19. The van der Waals surface area contributed by atoms with Gasteiger partial charge in [-0.15, -0.1) is 0 Å². The number of carbonyl (C=O) groups is 1. The summed E-state index contributed by atoms with van der Waals surface area (Å²) < 4.78 is 0. The zero-order chi connectivity index (χ0) is 14.5. The van der Waals surface area contributed by atoms with Crippen molar-refractivity contribution in [1.29, 1.82) is 0 Å². The number of nitrogens with one attached hydrogen (secondary N) is 1. The molecular formula is C16H23N3O. The molecule has 1 heterocycles. The first-order chi connectivity index (χ1) is 9.60. The Bertz CT molecular complexity index is 510. The normalized spacial score (nSPS) is 19.1. The third-order valence-corrected chi connectivity index (χ3v) is 3.67. The van der Waals surface area contributed by atoms with E-state index < -0.39 is 0 Å². The van der Waals surface area contributed by atoms with Crippen molar-refractivity contribution in [2.24, 2.45) is 5.73 Å². The van der Waals surface area contributed by atoms with Crippen LogP contribution in [0.4, 0.5) is 5.69 Å². The summed E-state index contributed by atoms with van der Waals surface area (Å²) in [5, 5.41) is 3.00. The van der Waals surface area contributed by atoms with Crippen molar-refractivity contribution in [2.75, 3.05) is 25.0 Å². The van der Waals surface area contributed by atoms with Gasteiger partial charge in [0.1, 0.15) is 0 Å². The highest BCUT2D eigenvalue weighted by Crippen LogP contribution is 2.16. The summed E-state index contributed by atoms with van der Waals surface area (Å²) in [5.74, 6) is 0.0208. The van der Waals surface area contributed by atoms with Gasteiger partial charge >= 0.3 is 0 Å². The second kappa shape index (κ2) is 6.68. The first-order valence-corrected chi connectivity index (χ1v) is 7.08. The van der Waals surface area contributed by atoms with Gasteiger partial charge in [0.05, 0.1) is 6.54 Å². The topological polar surface area (TPSA) is 58.4 Å². The van der Waals surface area contributed by atoms with Crippen LogP contribution in [0.25, 0.3) is 0 Å². The Kier molecular flexibility index (Phi) is 4.93. The zero-order valence-electron chi connectivity index (χ0n) is 12.2. The molecule has 0 fully saturated rings. The number of benzene rings is 1. The lowest BCUT2D eigenvalue weighted by Crippen LogP contribution is -2.45. The van der Waals surface area contributed by atoms with Crippen molar-refractivity contribution >= 4 is 11.6 Å². The molecule has 20 heavy (non-hydrogen) atoms. The van der Waals surface area contributed by atoms with Crippen LogP contribution in [0.5, 0.6) is 0 Å². The molecule has 1 amide bonds. The Hall–Kier alpha value is -1.65. The van der Waals surface area contributed by atoms with Crippen LogP contribution in [-0.4, -0.2) is 36.5 Å². The van der Waals surface area contributed by atoms with Gasteiger partial charge < -0.3 is 11.1 Å². The highest BCUT2D eigenvalue weighted by molar-refractivity contribution is 5.93. The van der Waals surface area contributed by atoms with Crippen LogP contribution in [-0.2, 0) is 4.79 Å². The second-order valence-corrected chi connectivity index (χ2v) is 5.36. The average Bonchev–Trinajstić information content (AvgIpc) is 2.43. The number of carbonyl (C=O) groups excluding carboxylic acids is 1. The number of anilines is 1. The lowest BCUT2D eigenvalue weighted by atomic mass is 10.1. The van der Waals surface area contributed by atoms with Crippen LogP contribution in [0.2, 0.25) is 0 Å². The molecule has 3 N–H and O–H groups in total. The lowest BCUT2D eigenvalue weighted by Gasteiger charge is -2.30. The molecule has 0 bridgehead atoms. The molecule has 4 heteroatoms. The Labute approximate surface area is 120 Å². The van der Waals surface area contributed by atoms with Crippen molar-refractivity contribution in [2.45, 2.75) is 26.3 Å². The van der Waals surface area contributed by atoms with Crippen LogP contribution < -0.4 is 11.1 Å². The third kappa shape index (κ3) is 3.68. The Balaban J connectivity index is 1.98. The number of nitrogens with zero attached hydrogens (tertiary/aromatic N) is 1. The molecule has 1 unspecified atom stereocenters. The van der Waals surface area contributed by atoms with Gasteiger partial charge in [0.25, 0.3) is 0 Å². The van der Waals surface area contributed by atoms with E-state index in [0.717, 1.165) is 29.8 Å². The van der Waals surface area contributed by atoms with Crippen LogP contribution in [0, 0.1) is 13.8 Å². The minimum atomic E-state index is 0.0208. The molecule has 0 saturated carbocycles. The summed E-state index contributed by atoms with van der Waals surface area (Å²) in [6, 6.07) is 6.25. The fourth-order valence-corrected chi connectivity index (χ4v) is 2.45. The summed E-state index contributed by atoms with van der Waals surface area (Å²) in [6.45, 7) is 5.85. The number of amides is 1. The van der Waals surface area contributed by atoms with E-state index in [0.29, 0.717) is 13.1 Å². The van der Waals surface area contributed by atoms with Gasteiger partial charge in [0.2, 0.25) is 5.91 Å². The number of nitrogens with two attached hydrogens (primary N) is 1. The quantitative estimate of drug-likeness (QED) is 0.823. The standard InChI is InChI=1S/C16H23N3O/c1-12-6-7-13(2)15(9-12)18-16(20)11-19-8-4-3-5-14(19)10-17/h3,5-7,9,14H,4,8,10-11,17H2,1-2H3,(H,18,20). The van der Waals surface area contributed by atoms with Crippen molar-refractivity contribution in [3.63, 3.8) is 0 Å². The van der Waals surface area contributed by atoms with E-state index in [4.69, 9.17) is 5.73 Å². The summed E-state index contributed by atoms with van der Waals surface area (Å²) in [6.07, 6.45) is 5.21. The molecule has 0 saturated heterocycles. The van der Waals surface area contributed by atoms with Crippen molar-refractivity contribution in [1.82, 2.24) is 4.90 Å². The number of hydrogen-bond acceptors (Lipinski definition) is 3. The maximum absolute atomic E-state index is 12.2. The predicted octanol–water partition coefficient (Wildman–Crippen LogP) is 1.83. The first-order valence-electron chi connectivity index (χ1n) is 7.08. The molecule has 1 aliphatic rings. The van der Waals surface area contributed by atoms with Crippen LogP contribution in [0.3, 0.4) is 0 Å². The fourth-order valence-electron chi connectivity index (χ4n) is 2.45. The van der Waals surface area contributed by atoms with Gasteiger partial charge in [-0.1, -0.05) is 24.3 Å². The number of aryl methyl sites for hydroxylation is 2. The van der Waals surface area contributed by atoms with Gasteiger partial charge in [-0.05, 0) is 37.5 Å². The lowest BCUT2D eigenvalue weighted by molar-refractivity contribution is -0.117. The van der Waals surface area contributed by atoms with Gasteiger partial charge in [-0.3, -0.25) is 9.69 Å². The monoisotopic (exact) mass is 273 g/mol. The van der Waals surface area contributed by atoms with Crippen LogP contribution in [0.15, 0.2) is 30.4 Å². The minimum absolute atomic E-state index is 0.0208. The smallest absolute Gasteiger partial charge is 0.238 e. The summed E-state index contributed by atoms with van der Waals surface area (Å²) >= 11 is 0. The number of hydrogen-bond donors (Lipinski definition) is 2. The van der Waals surface area contributed by atoms with Gasteiger partial charge in [0.15, 0.2) is 0 Å². The Morgan fingerprint density at radius 2 is 2.25 bits per heavy atom. The van der Waals surface area contributed by atoms with E-state index in [2.05, 4.69) is 22.4 Å². The molecule has 2 rings (SSSR count). The van der Waals surface area contributed by atoms with Crippen molar-refractivity contribution in [3.05, 3.63) is 41.5 Å².